The second kappa shape index (κ2) is 4.74. The van der Waals surface area contributed by atoms with Gasteiger partial charge in [0.25, 0.3) is 0 Å². The lowest BCUT2D eigenvalue weighted by Gasteiger charge is -2.29. The topological polar surface area (TPSA) is 51.8 Å². The average molecular weight is 253 g/mol. The predicted molar refractivity (Wildman–Crippen MR) is 76.1 cm³/mol. The maximum absolute atomic E-state index is 5.86. The summed E-state index contributed by atoms with van der Waals surface area (Å²) in [4.78, 5) is 9.31. The van der Waals surface area contributed by atoms with Gasteiger partial charge >= 0.3 is 0 Å². The molecule has 1 heterocycles. The van der Waals surface area contributed by atoms with E-state index in [0.29, 0.717) is 5.92 Å². The Morgan fingerprint density at radius 2 is 2.11 bits per heavy atom. The van der Waals surface area contributed by atoms with Gasteiger partial charge in [-0.25, -0.2) is 9.97 Å². The standard InChI is InChI=1S/C16H19N3/c1-10(17)7-13-8-11(2)18-16(19-13)15-9-12-5-3-4-6-14(12)15/h3-6,8,10,15H,7,9,17H2,1-2H3. The Kier molecular flexibility index (Phi) is 3.07. The van der Waals surface area contributed by atoms with Crippen LogP contribution in [0.4, 0.5) is 0 Å². The summed E-state index contributed by atoms with van der Waals surface area (Å²) < 4.78 is 0. The molecule has 0 radical (unpaired) electrons. The molecule has 3 rings (SSSR count). The van der Waals surface area contributed by atoms with Crippen LogP contribution >= 0.6 is 0 Å². The molecule has 1 aliphatic carbocycles. The van der Waals surface area contributed by atoms with Crippen LogP contribution in [0.2, 0.25) is 0 Å². The van der Waals surface area contributed by atoms with Gasteiger partial charge in [-0.05, 0) is 37.5 Å². The van der Waals surface area contributed by atoms with Crippen molar-refractivity contribution in [2.75, 3.05) is 0 Å². The van der Waals surface area contributed by atoms with Gasteiger partial charge in [0.15, 0.2) is 0 Å². The zero-order valence-corrected chi connectivity index (χ0v) is 11.4. The molecule has 3 nitrogen and oxygen atoms in total. The Morgan fingerprint density at radius 3 is 2.84 bits per heavy atom. The molecule has 0 saturated carbocycles. The molecule has 2 aromatic rings. The van der Waals surface area contributed by atoms with Crippen molar-refractivity contribution in [2.24, 2.45) is 5.73 Å². The quantitative estimate of drug-likeness (QED) is 0.913. The second-order valence-corrected chi connectivity index (χ2v) is 5.50. The summed E-state index contributed by atoms with van der Waals surface area (Å²) in [5.74, 6) is 1.32. The molecule has 0 amide bonds. The third kappa shape index (κ3) is 2.38. The van der Waals surface area contributed by atoms with E-state index < -0.39 is 0 Å². The molecular weight excluding hydrogens is 234 g/mol. The Hall–Kier alpha value is -1.74. The van der Waals surface area contributed by atoms with Crippen molar-refractivity contribution in [1.29, 1.82) is 0 Å². The third-order valence-corrected chi connectivity index (χ3v) is 3.62. The highest BCUT2D eigenvalue weighted by Crippen LogP contribution is 2.38. The molecule has 2 unspecified atom stereocenters. The summed E-state index contributed by atoms with van der Waals surface area (Å²) in [6.07, 6.45) is 1.86. The fourth-order valence-electron chi connectivity index (χ4n) is 2.74. The molecule has 0 aliphatic heterocycles. The van der Waals surface area contributed by atoms with E-state index in [-0.39, 0.29) is 6.04 Å². The average Bonchev–Trinajstić information content (AvgIpc) is 2.29. The highest BCUT2D eigenvalue weighted by Gasteiger charge is 2.29. The summed E-state index contributed by atoms with van der Waals surface area (Å²) in [7, 11) is 0. The molecule has 1 aliphatic rings. The lowest BCUT2D eigenvalue weighted by molar-refractivity contribution is 0.639. The number of hydrogen-bond donors (Lipinski definition) is 1. The summed E-state index contributed by atoms with van der Waals surface area (Å²) in [6.45, 7) is 4.04. The first kappa shape index (κ1) is 12.3. The molecular formula is C16H19N3. The Labute approximate surface area is 113 Å². The summed E-state index contributed by atoms with van der Waals surface area (Å²) in [5, 5.41) is 0. The van der Waals surface area contributed by atoms with Crippen LogP contribution in [0.15, 0.2) is 30.3 Å². The first-order chi connectivity index (χ1) is 9.13. The Bertz CT molecular complexity index is 605. The molecule has 0 fully saturated rings. The first-order valence-corrected chi connectivity index (χ1v) is 6.81. The van der Waals surface area contributed by atoms with Crippen molar-refractivity contribution in [3.63, 3.8) is 0 Å². The summed E-state index contributed by atoms with van der Waals surface area (Å²) >= 11 is 0. The second-order valence-electron chi connectivity index (χ2n) is 5.50. The van der Waals surface area contributed by atoms with Crippen LogP contribution in [0.25, 0.3) is 0 Å². The van der Waals surface area contributed by atoms with Crippen LogP contribution in [0.5, 0.6) is 0 Å². The van der Waals surface area contributed by atoms with Gasteiger partial charge in [0.2, 0.25) is 0 Å². The van der Waals surface area contributed by atoms with Crippen LogP contribution in [0, 0.1) is 6.92 Å². The van der Waals surface area contributed by atoms with E-state index in [0.717, 1.165) is 30.1 Å². The summed E-state index contributed by atoms with van der Waals surface area (Å²) in [5.41, 5.74) is 10.8. The monoisotopic (exact) mass is 253 g/mol. The van der Waals surface area contributed by atoms with Crippen molar-refractivity contribution in [3.8, 4) is 0 Å². The minimum atomic E-state index is 0.135. The maximum atomic E-state index is 5.86. The van der Waals surface area contributed by atoms with Gasteiger partial charge in [0, 0.05) is 29.8 Å². The fraction of sp³-hybridized carbons (Fsp3) is 0.375. The number of rotatable bonds is 3. The first-order valence-electron chi connectivity index (χ1n) is 6.81. The Balaban J connectivity index is 1.92. The zero-order valence-electron chi connectivity index (χ0n) is 11.4. The van der Waals surface area contributed by atoms with E-state index in [2.05, 4.69) is 29.2 Å². The highest BCUT2D eigenvalue weighted by atomic mass is 14.9. The van der Waals surface area contributed by atoms with Crippen molar-refractivity contribution in [1.82, 2.24) is 9.97 Å². The van der Waals surface area contributed by atoms with Gasteiger partial charge in [-0.2, -0.15) is 0 Å². The molecule has 3 heteroatoms. The van der Waals surface area contributed by atoms with Crippen LogP contribution in [0.1, 0.15) is 41.2 Å². The number of aryl methyl sites for hydroxylation is 1. The maximum Gasteiger partial charge on any atom is 0.136 e. The van der Waals surface area contributed by atoms with Gasteiger partial charge < -0.3 is 5.73 Å². The van der Waals surface area contributed by atoms with Crippen LogP contribution in [-0.2, 0) is 12.8 Å². The molecule has 19 heavy (non-hydrogen) atoms. The van der Waals surface area contributed by atoms with Crippen LogP contribution in [0.3, 0.4) is 0 Å². The number of nitrogens with zero attached hydrogens (tertiary/aromatic N) is 2. The SMILES string of the molecule is Cc1cc(CC(C)N)nc(C2Cc3ccccc32)n1. The van der Waals surface area contributed by atoms with Crippen LogP contribution < -0.4 is 5.73 Å². The van der Waals surface area contributed by atoms with Gasteiger partial charge in [0.05, 0.1) is 0 Å². The predicted octanol–water partition coefficient (Wildman–Crippen LogP) is 2.36. The molecule has 0 spiro atoms. The van der Waals surface area contributed by atoms with Gasteiger partial charge in [-0.15, -0.1) is 0 Å². The normalized spacial score (nSPS) is 18.6. The molecule has 98 valence electrons. The third-order valence-electron chi connectivity index (χ3n) is 3.62. The smallest absolute Gasteiger partial charge is 0.136 e. The fourth-order valence-corrected chi connectivity index (χ4v) is 2.74. The lowest BCUT2D eigenvalue weighted by Crippen LogP contribution is -2.23. The zero-order chi connectivity index (χ0) is 13.4. The van der Waals surface area contributed by atoms with E-state index >= 15 is 0 Å². The number of fused-ring (bicyclic) bond motifs is 1. The Morgan fingerprint density at radius 1 is 1.32 bits per heavy atom. The number of benzene rings is 1. The van der Waals surface area contributed by atoms with E-state index in [4.69, 9.17) is 10.7 Å². The van der Waals surface area contributed by atoms with E-state index in [1.165, 1.54) is 11.1 Å². The van der Waals surface area contributed by atoms with Crippen molar-refractivity contribution >= 4 is 0 Å². The van der Waals surface area contributed by atoms with E-state index in [1.54, 1.807) is 0 Å². The summed E-state index contributed by atoms with van der Waals surface area (Å²) in [6, 6.07) is 10.7. The van der Waals surface area contributed by atoms with Crippen molar-refractivity contribution in [3.05, 3.63) is 58.7 Å². The van der Waals surface area contributed by atoms with E-state index in [1.807, 2.05) is 19.9 Å². The largest absolute Gasteiger partial charge is 0.328 e. The van der Waals surface area contributed by atoms with Crippen LogP contribution in [-0.4, -0.2) is 16.0 Å². The molecule has 0 saturated heterocycles. The number of nitrogens with two attached hydrogens (primary N) is 1. The molecule has 1 aromatic carbocycles. The molecule has 0 bridgehead atoms. The molecule has 1 aromatic heterocycles. The molecule has 2 N–H and O–H groups in total. The molecule has 2 atom stereocenters. The lowest BCUT2D eigenvalue weighted by atomic mass is 9.77. The number of hydrogen-bond acceptors (Lipinski definition) is 3. The number of aromatic nitrogens is 2. The van der Waals surface area contributed by atoms with Crippen molar-refractivity contribution in [2.45, 2.75) is 38.6 Å². The highest BCUT2D eigenvalue weighted by molar-refractivity contribution is 5.44. The van der Waals surface area contributed by atoms with Crippen molar-refractivity contribution < 1.29 is 0 Å². The van der Waals surface area contributed by atoms with Gasteiger partial charge in [-0.3, -0.25) is 0 Å². The van der Waals surface area contributed by atoms with Gasteiger partial charge in [0.1, 0.15) is 5.82 Å². The minimum Gasteiger partial charge on any atom is -0.328 e. The minimum absolute atomic E-state index is 0.135. The van der Waals surface area contributed by atoms with E-state index in [9.17, 15) is 0 Å². The van der Waals surface area contributed by atoms with Gasteiger partial charge in [-0.1, -0.05) is 24.3 Å².